The van der Waals surface area contributed by atoms with Gasteiger partial charge >= 0.3 is 0 Å². The van der Waals surface area contributed by atoms with Crippen molar-refractivity contribution in [3.63, 3.8) is 0 Å². The van der Waals surface area contributed by atoms with E-state index in [0.717, 1.165) is 5.69 Å². The third kappa shape index (κ3) is 3.43. The molecule has 0 saturated carbocycles. The first kappa shape index (κ1) is 14.9. The Morgan fingerprint density at radius 3 is 2.56 bits per heavy atom. The number of rotatable bonds is 5. The lowest BCUT2D eigenvalue weighted by molar-refractivity contribution is -0.385. The molecular formula is C12H17BrN2O3. The molecular weight excluding hydrogens is 300 g/mol. The number of nitrogens with zero attached hydrogens (tertiary/aromatic N) is 1. The molecule has 1 rings (SSSR count). The van der Waals surface area contributed by atoms with Gasteiger partial charge in [0.25, 0.3) is 5.69 Å². The maximum atomic E-state index is 10.7. The van der Waals surface area contributed by atoms with Crippen LogP contribution in [-0.2, 0) is 4.74 Å². The molecule has 6 heteroatoms. The zero-order valence-corrected chi connectivity index (χ0v) is 12.4. The second kappa shape index (κ2) is 5.67. The fourth-order valence-electron chi connectivity index (χ4n) is 1.35. The first-order valence-corrected chi connectivity index (χ1v) is 6.33. The average molecular weight is 317 g/mol. The monoisotopic (exact) mass is 316 g/mol. The molecule has 0 spiro atoms. The van der Waals surface area contributed by atoms with Gasteiger partial charge in [-0.05, 0) is 48.8 Å². The summed E-state index contributed by atoms with van der Waals surface area (Å²) in [6, 6.07) is 4.92. The molecule has 0 aliphatic heterocycles. The number of halogens is 1. The minimum absolute atomic E-state index is 0.0548. The van der Waals surface area contributed by atoms with Crippen LogP contribution in [0.5, 0.6) is 0 Å². The topological polar surface area (TPSA) is 64.4 Å². The van der Waals surface area contributed by atoms with Gasteiger partial charge in [-0.1, -0.05) is 0 Å². The van der Waals surface area contributed by atoms with E-state index in [9.17, 15) is 10.1 Å². The quantitative estimate of drug-likeness (QED) is 0.666. The molecule has 1 aromatic carbocycles. The van der Waals surface area contributed by atoms with E-state index in [1.54, 1.807) is 19.2 Å². The molecule has 100 valence electrons. The molecule has 0 aliphatic carbocycles. The Morgan fingerprint density at radius 1 is 1.50 bits per heavy atom. The molecule has 0 bridgehead atoms. The number of methoxy groups -OCH3 is 1. The zero-order valence-electron chi connectivity index (χ0n) is 10.9. The minimum atomic E-state index is -0.420. The Hall–Kier alpha value is -1.14. The van der Waals surface area contributed by atoms with Crippen molar-refractivity contribution in [3.8, 4) is 0 Å². The summed E-state index contributed by atoms with van der Waals surface area (Å²) < 4.78 is 5.84. The molecule has 0 aromatic heterocycles. The van der Waals surface area contributed by atoms with Crippen molar-refractivity contribution in [3.05, 3.63) is 32.8 Å². The lowest BCUT2D eigenvalue weighted by atomic mass is 10.00. The number of anilines is 1. The average Bonchev–Trinajstić information content (AvgIpc) is 2.28. The van der Waals surface area contributed by atoms with Crippen molar-refractivity contribution in [2.45, 2.75) is 32.4 Å². The minimum Gasteiger partial charge on any atom is -0.380 e. The Kier molecular flexibility index (Phi) is 4.70. The van der Waals surface area contributed by atoms with Crippen molar-refractivity contribution < 1.29 is 9.66 Å². The third-order valence-electron chi connectivity index (χ3n) is 3.10. The van der Waals surface area contributed by atoms with Gasteiger partial charge in [0.15, 0.2) is 0 Å². The summed E-state index contributed by atoms with van der Waals surface area (Å²) >= 11 is 3.19. The fourth-order valence-corrected chi connectivity index (χ4v) is 1.87. The summed E-state index contributed by atoms with van der Waals surface area (Å²) in [6.45, 7) is 5.95. The van der Waals surface area contributed by atoms with Crippen LogP contribution in [0.2, 0.25) is 0 Å². The maximum absolute atomic E-state index is 10.7. The highest BCUT2D eigenvalue weighted by molar-refractivity contribution is 9.10. The van der Waals surface area contributed by atoms with Crippen molar-refractivity contribution in [1.29, 1.82) is 0 Å². The highest BCUT2D eigenvalue weighted by Gasteiger charge is 2.25. The maximum Gasteiger partial charge on any atom is 0.283 e. The summed E-state index contributed by atoms with van der Waals surface area (Å²) in [4.78, 5) is 10.3. The smallest absolute Gasteiger partial charge is 0.283 e. The molecule has 0 amide bonds. The van der Waals surface area contributed by atoms with Crippen molar-refractivity contribution >= 4 is 27.3 Å². The van der Waals surface area contributed by atoms with E-state index in [-0.39, 0.29) is 17.3 Å². The van der Waals surface area contributed by atoms with E-state index in [1.807, 2.05) is 20.8 Å². The van der Waals surface area contributed by atoms with Crippen LogP contribution in [0.3, 0.4) is 0 Å². The van der Waals surface area contributed by atoms with E-state index in [1.165, 1.54) is 6.07 Å². The van der Waals surface area contributed by atoms with Gasteiger partial charge in [-0.15, -0.1) is 0 Å². The first-order valence-electron chi connectivity index (χ1n) is 5.53. The molecule has 1 atom stereocenters. The highest BCUT2D eigenvalue weighted by atomic mass is 79.9. The Bertz CT molecular complexity index is 449. The van der Waals surface area contributed by atoms with Gasteiger partial charge in [0, 0.05) is 18.9 Å². The van der Waals surface area contributed by atoms with Crippen LogP contribution in [0.1, 0.15) is 20.8 Å². The molecule has 0 aliphatic rings. The molecule has 1 unspecified atom stereocenters. The predicted molar refractivity (Wildman–Crippen MR) is 75.0 cm³/mol. The third-order valence-corrected chi connectivity index (χ3v) is 3.73. The van der Waals surface area contributed by atoms with Gasteiger partial charge in [-0.3, -0.25) is 10.1 Å². The SMILES string of the molecule is COC(C)(C)C(C)Nc1ccc([N+](=O)[O-])c(Br)c1. The predicted octanol–water partition coefficient (Wildman–Crippen LogP) is 3.58. The molecule has 18 heavy (non-hydrogen) atoms. The standard InChI is InChI=1S/C12H17BrN2O3/c1-8(12(2,3)18-4)14-9-5-6-11(15(16)17)10(13)7-9/h5-8,14H,1-4H3. The number of benzene rings is 1. The number of hydrogen-bond donors (Lipinski definition) is 1. The lowest BCUT2D eigenvalue weighted by Gasteiger charge is -2.31. The summed E-state index contributed by atoms with van der Waals surface area (Å²) in [7, 11) is 1.66. The van der Waals surface area contributed by atoms with Gasteiger partial charge in [-0.2, -0.15) is 0 Å². The van der Waals surface area contributed by atoms with Gasteiger partial charge < -0.3 is 10.1 Å². The van der Waals surface area contributed by atoms with Crippen LogP contribution in [-0.4, -0.2) is 23.7 Å². The summed E-state index contributed by atoms with van der Waals surface area (Å²) in [5, 5.41) is 14.0. The van der Waals surface area contributed by atoms with Gasteiger partial charge in [-0.25, -0.2) is 0 Å². The molecule has 0 saturated heterocycles. The van der Waals surface area contributed by atoms with Crippen LogP contribution >= 0.6 is 15.9 Å². The molecule has 1 aromatic rings. The van der Waals surface area contributed by atoms with E-state index in [0.29, 0.717) is 4.47 Å². The van der Waals surface area contributed by atoms with Crippen LogP contribution in [0.4, 0.5) is 11.4 Å². The van der Waals surface area contributed by atoms with Crippen LogP contribution in [0.25, 0.3) is 0 Å². The molecule has 5 nitrogen and oxygen atoms in total. The van der Waals surface area contributed by atoms with Crippen molar-refractivity contribution in [2.75, 3.05) is 12.4 Å². The largest absolute Gasteiger partial charge is 0.380 e. The highest BCUT2D eigenvalue weighted by Crippen LogP contribution is 2.29. The summed E-state index contributed by atoms with van der Waals surface area (Å²) in [5.41, 5.74) is 0.540. The second-order valence-corrected chi connectivity index (χ2v) is 5.45. The second-order valence-electron chi connectivity index (χ2n) is 4.60. The normalized spacial score (nSPS) is 13.2. The van der Waals surface area contributed by atoms with Gasteiger partial charge in [0.1, 0.15) is 0 Å². The number of nitrogens with one attached hydrogen (secondary N) is 1. The van der Waals surface area contributed by atoms with Gasteiger partial charge in [0.05, 0.1) is 21.0 Å². The molecule has 0 heterocycles. The van der Waals surface area contributed by atoms with E-state index in [2.05, 4.69) is 21.2 Å². The van der Waals surface area contributed by atoms with Crippen molar-refractivity contribution in [2.24, 2.45) is 0 Å². The van der Waals surface area contributed by atoms with Crippen molar-refractivity contribution in [1.82, 2.24) is 0 Å². The van der Waals surface area contributed by atoms with Crippen LogP contribution < -0.4 is 5.32 Å². The number of ether oxygens (including phenoxy) is 1. The van der Waals surface area contributed by atoms with E-state index < -0.39 is 4.92 Å². The Morgan fingerprint density at radius 2 is 2.11 bits per heavy atom. The fraction of sp³-hybridized carbons (Fsp3) is 0.500. The molecule has 0 fully saturated rings. The number of hydrogen-bond acceptors (Lipinski definition) is 4. The molecule has 1 N–H and O–H groups in total. The number of nitro groups is 1. The van der Waals surface area contributed by atoms with E-state index >= 15 is 0 Å². The Labute approximate surface area is 115 Å². The Balaban J connectivity index is 2.87. The summed E-state index contributed by atoms with van der Waals surface area (Å²) in [5.74, 6) is 0. The van der Waals surface area contributed by atoms with E-state index in [4.69, 9.17) is 4.74 Å². The first-order chi connectivity index (χ1) is 8.27. The van der Waals surface area contributed by atoms with Gasteiger partial charge in [0.2, 0.25) is 0 Å². The zero-order chi connectivity index (χ0) is 13.9. The summed E-state index contributed by atoms with van der Waals surface area (Å²) in [6.07, 6.45) is 0. The van der Waals surface area contributed by atoms with Crippen LogP contribution in [0, 0.1) is 10.1 Å². The molecule has 0 radical (unpaired) electrons. The lowest BCUT2D eigenvalue weighted by Crippen LogP contribution is -2.41. The van der Waals surface area contributed by atoms with Crippen LogP contribution in [0.15, 0.2) is 22.7 Å². The number of nitro benzene ring substituents is 1.